The third kappa shape index (κ3) is 3.88. The summed E-state index contributed by atoms with van der Waals surface area (Å²) in [4.78, 5) is 12.0. The summed E-state index contributed by atoms with van der Waals surface area (Å²) in [7, 11) is 0. The predicted octanol–water partition coefficient (Wildman–Crippen LogP) is 2.94. The molecule has 22 heavy (non-hydrogen) atoms. The topological polar surface area (TPSA) is 67.2 Å². The van der Waals surface area contributed by atoms with Gasteiger partial charge in [-0.25, -0.2) is 8.78 Å². The van der Waals surface area contributed by atoms with E-state index in [1.807, 2.05) is 0 Å². The van der Waals surface area contributed by atoms with Crippen LogP contribution in [-0.2, 0) is 4.79 Å². The molecule has 0 saturated heterocycles. The molecule has 0 fully saturated rings. The molecule has 0 bridgehead atoms. The average Bonchev–Trinajstić information content (AvgIpc) is 2.86. The first kappa shape index (κ1) is 16.1. The van der Waals surface area contributed by atoms with E-state index in [-0.39, 0.29) is 11.9 Å². The van der Waals surface area contributed by atoms with Crippen LogP contribution < -0.4 is 10.6 Å². The number of aromatic nitrogens is 1. The van der Waals surface area contributed by atoms with E-state index >= 15 is 0 Å². The van der Waals surface area contributed by atoms with Crippen LogP contribution in [0.4, 0.5) is 14.6 Å². The number of nitrogens with zero attached hydrogens (tertiary/aromatic N) is 1. The van der Waals surface area contributed by atoms with Crippen LogP contribution in [0.25, 0.3) is 0 Å². The first-order chi connectivity index (χ1) is 10.4. The van der Waals surface area contributed by atoms with Gasteiger partial charge in [0.25, 0.3) is 0 Å². The summed E-state index contributed by atoms with van der Waals surface area (Å²) >= 11 is 0. The summed E-state index contributed by atoms with van der Waals surface area (Å²) in [5.41, 5.74) is 0.552. The third-order valence-corrected chi connectivity index (χ3v) is 3.22. The molecule has 1 heterocycles. The van der Waals surface area contributed by atoms with Gasteiger partial charge < -0.3 is 9.84 Å². The Balaban J connectivity index is 1.96. The fourth-order valence-electron chi connectivity index (χ4n) is 1.99. The molecule has 7 heteroatoms. The van der Waals surface area contributed by atoms with E-state index in [1.54, 1.807) is 26.8 Å². The van der Waals surface area contributed by atoms with E-state index in [1.165, 1.54) is 6.07 Å². The van der Waals surface area contributed by atoms with Crippen molar-refractivity contribution in [3.8, 4) is 0 Å². The van der Waals surface area contributed by atoms with E-state index in [4.69, 9.17) is 4.52 Å². The van der Waals surface area contributed by atoms with Crippen LogP contribution in [0.2, 0.25) is 0 Å². The van der Waals surface area contributed by atoms with Crippen molar-refractivity contribution >= 4 is 11.7 Å². The molecular weight excluding hydrogens is 292 g/mol. The highest BCUT2D eigenvalue weighted by Crippen LogP contribution is 2.17. The SMILES string of the molecule is Cc1cc(NC(=O)[C@H](C)N[C@H](C)c2ccc(F)c(F)c2)no1. The smallest absolute Gasteiger partial charge is 0.242 e. The lowest BCUT2D eigenvalue weighted by Gasteiger charge is -2.19. The van der Waals surface area contributed by atoms with Crippen molar-refractivity contribution in [1.29, 1.82) is 0 Å². The van der Waals surface area contributed by atoms with Crippen LogP contribution in [0.15, 0.2) is 28.8 Å². The van der Waals surface area contributed by atoms with Gasteiger partial charge in [0.15, 0.2) is 17.5 Å². The van der Waals surface area contributed by atoms with Crippen molar-refractivity contribution in [1.82, 2.24) is 10.5 Å². The van der Waals surface area contributed by atoms with Gasteiger partial charge in [-0.1, -0.05) is 11.2 Å². The fourth-order valence-corrected chi connectivity index (χ4v) is 1.99. The molecule has 0 saturated carbocycles. The van der Waals surface area contributed by atoms with E-state index in [2.05, 4.69) is 15.8 Å². The molecule has 0 aliphatic rings. The Morgan fingerprint density at radius 2 is 1.95 bits per heavy atom. The van der Waals surface area contributed by atoms with Crippen molar-refractivity contribution in [2.24, 2.45) is 0 Å². The number of hydrogen-bond acceptors (Lipinski definition) is 4. The van der Waals surface area contributed by atoms with Crippen LogP contribution in [0.3, 0.4) is 0 Å². The summed E-state index contributed by atoms with van der Waals surface area (Å²) in [6.07, 6.45) is 0. The van der Waals surface area contributed by atoms with Crippen LogP contribution >= 0.6 is 0 Å². The maximum Gasteiger partial charge on any atom is 0.242 e. The number of carbonyl (C=O) groups excluding carboxylic acids is 1. The molecule has 0 radical (unpaired) electrons. The minimum absolute atomic E-state index is 0.303. The Labute approximate surface area is 126 Å². The lowest BCUT2D eigenvalue weighted by molar-refractivity contribution is -0.118. The minimum Gasteiger partial charge on any atom is -0.360 e. The molecule has 0 aliphatic carbocycles. The molecule has 2 N–H and O–H groups in total. The van der Waals surface area contributed by atoms with E-state index in [0.717, 1.165) is 12.1 Å². The number of amides is 1. The number of benzene rings is 1. The maximum atomic E-state index is 13.2. The molecule has 0 unspecified atom stereocenters. The quantitative estimate of drug-likeness (QED) is 0.891. The second-order valence-electron chi connectivity index (χ2n) is 5.10. The zero-order valence-electron chi connectivity index (χ0n) is 12.5. The average molecular weight is 309 g/mol. The first-order valence-corrected chi connectivity index (χ1v) is 6.82. The summed E-state index contributed by atoms with van der Waals surface area (Å²) in [6.45, 7) is 5.14. The lowest BCUT2D eigenvalue weighted by atomic mass is 10.1. The molecule has 0 spiro atoms. The molecule has 1 amide bonds. The van der Waals surface area contributed by atoms with Crippen molar-refractivity contribution in [3.63, 3.8) is 0 Å². The summed E-state index contributed by atoms with van der Waals surface area (Å²) in [5, 5.41) is 9.28. The van der Waals surface area contributed by atoms with Gasteiger partial charge in [0, 0.05) is 12.1 Å². The zero-order valence-corrected chi connectivity index (χ0v) is 12.5. The minimum atomic E-state index is -0.915. The molecule has 2 rings (SSSR count). The number of nitrogens with one attached hydrogen (secondary N) is 2. The number of aryl methyl sites for hydroxylation is 1. The Kier molecular flexibility index (Phi) is 4.87. The highest BCUT2D eigenvalue weighted by molar-refractivity contribution is 5.93. The molecule has 0 aliphatic heterocycles. The van der Waals surface area contributed by atoms with Gasteiger partial charge in [-0.15, -0.1) is 0 Å². The number of rotatable bonds is 5. The number of halogens is 2. The summed E-state index contributed by atoms with van der Waals surface area (Å²) < 4.78 is 31.0. The normalized spacial score (nSPS) is 13.7. The largest absolute Gasteiger partial charge is 0.360 e. The van der Waals surface area contributed by atoms with Crippen molar-refractivity contribution in [2.75, 3.05) is 5.32 Å². The Hall–Kier alpha value is -2.28. The predicted molar refractivity (Wildman–Crippen MR) is 77.2 cm³/mol. The lowest BCUT2D eigenvalue weighted by Crippen LogP contribution is -2.39. The van der Waals surface area contributed by atoms with Gasteiger partial charge >= 0.3 is 0 Å². The van der Waals surface area contributed by atoms with Gasteiger partial charge in [0.1, 0.15) is 5.76 Å². The molecule has 1 aromatic heterocycles. The molecule has 2 atom stereocenters. The highest BCUT2D eigenvalue weighted by Gasteiger charge is 2.18. The molecule has 2 aromatic rings. The molecule has 5 nitrogen and oxygen atoms in total. The highest BCUT2D eigenvalue weighted by atomic mass is 19.2. The molecular formula is C15H17F2N3O2. The van der Waals surface area contributed by atoms with Crippen LogP contribution in [0.1, 0.15) is 31.2 Å². The van der Waals surface area contributed by atoms with Gasteiger partial charge in [0.05, 0.1) is 6.04 Å². The second kappa shape index (κ2) is 6.65. The van der Waals surface area contributed by atoms with Crippen molar-refractivity contribution in [3.05, 3.63) is 47.2 Å². The van der Waals surface area contributed by atoms with Crippen LogP contribution in [-0.4, -0.2) is 17.1 Å². The van der Waals surface area contributed by atoms with Gasteiger partial charge in [0.2, 0.25) is 5.91 Å². The third-order valence-electron chi connectivity index (χ3n) is 3.22. The van der Waals surface area contributed by atoms with Crippen LogP contribution in [0, 0.1) is 18.6 Å². The monoisotopic (exact) mass is 309 g/mol. The van der Waals surface area contributed by atoms with Crippen molar-refractivity contribution in [2.45, 2.75) is 32.9 Å². The second-order valence-corrected chi connectivity index (χ2v) is 5.10. The van der Waals surface area contributed by atoms with Gasteiger partial charge in [-0.2, -0.15) is 0 Å². The molecule has 118 valence electrons. The Morgan fingerprint density at radius 3 is 2.55 bits per heavy atom. The summed E-state index contributed by atoms with van der Waals surface area (Å²) in [5.74, 6) is -1.20. The fraction of sp³-hybridized carbons (Fsp3) is 0.333. The van der Waals surface area contributed by atoms with Gasteiger partial charge in [-0.05, 0) is 38.5 Å². The van der Waals surface area contributed by atoms with E-state index < -0.39 is 17.7 Å². The Bertz CT molecular complexity index is 673. The first-order valence-electron chi connectivity index (χ1n) is 6.82. The zero-order chi connectivity index (χ0) is 16.3. The van der Waals surface area contributed by atoms with E-state index in [0.29, 0.717) is 17.1 Å². The Morgan fingerprint density at radius 1 is 1.23 bits per heavy atom. The van der Waals surface area contributed by atoms with Crippen LogP contribution in [0.5, 0.6) is 0 Å². The number of carbonyl (C=O) groups is 1. The standard InChI is InChI=1S/C15H17F2N3O2/c1-8-6-14(20-22-8)19-15(21)10(3)18-9(2)11-4-5-12(16)13(17)7-11/h4-7,9-10,18H,1-3H3,(H,19,20,21)/t9-,10+/m1/s1. The van der Waals surface area contributed by atoms with E-state index in [9.17, 15) is 13.6 Å². The maximum absolute atomic E-state index is 13.2. The number of anilines is 1. The number of hydrogen-bond donors (Lipinski definition) is 2. The molecule has 1 aromatic carbocycles. The summed E-state index contributed by atoms with van der Waals surface area (Å²) in [6, 6.07) is 4.37. The van der Waals surface area contributed by atoms with Crippen molar-refractivity contribution < 1.29 is 18.1 Å². The van der Waals surface area contributed by atoms with Gasteiger partial charge in [-0.3, -0.25) is 10.1 Å².